The van der Waals surface area contributed by atoms with Gasteiger partial charge in [-0.15, -0.1) is 0 Å². The van der Waals surface area contributed by atoms with Crippen molar-refractivity contribution in [2.45, 2.75) is 0 Å². The second kappa shape index (κ2) is 6.01. The number of carbonyl (C=O) groups excluding carboxylic acids is 1. The Morgan fingerprint density at radius 2 is 2.10 bits per heavy atom. The van der Waals surface area contributed by atoms with Gasteiger partial charge in [-0.05, 0) is 18.2 Å². The predicted octanol–water partition coefficient (Wildman–Crippen LogP) is 2.76. The van der Waals surface area contributed by atoms with Crippen LogP contribution in [0.2, 0.25) is 0 Å². The Kier molecular flexibility index (Phi) is 4.14. The highest BCUT2D eigenvalue weighted by Crippen LogP contribution is 2.23. The zero-order valence-electron chi connectivity index (χ0n) is 11.0. The number of ether oxygens (including phenoxy) is 2. The lowest BCUT2D eigenvalue weighted by Crippen LogP contribution is -2.08. The topological polar surface area (TPSA) is 60.5 Å². The summed E-state index contributed by atoms with van der Waals surface area (Å²) in [5.74, 6) is -0.410. The van der Waals surface area contributed by atoms with E-state index in [1.807, 2.05) is 0 Å². The van der Waals surface area contributed by atoms with Crippen LogP contribution in [0, 0.1) is 5.82 Å². The Morgan fingerprint density at radius 1 is 1.30 bits per heavy atom. The summed E-state index contributed by atoms with van der Waals surface area (Å²) in [5, 5.41) is 2.93. The summed E-state index contributed by atoms with van der Waals surface area (Å²) in [5.41, 5.74) is 0.684. The number of esters is 1. The van der Waals surface area contributed by atoms with Gasteiger partial charge in [-0.3, -0.25) is 0 Å². The van der Waals surface area contributed by atoms with E-state index in [9.17, 15) is 9.18 Å². The highest BCUT2D eigenvalue weighted by Gasteiger charge is 2.14. The van der Waals surface area contributed by atoms with Gasteiger partial charge >= 0.3 is 5.97 Å². The molecule has 1 aromatic heterocycles. The van der Waals surface area contributed by atoms with Crippen LogP contribution in [0.4, 0.5) is 15.9 Å². The summed E-state index contributed by atoms with van der Waals surface area (Å²) in [6.45, 7) is 0. The van der Waals surface area contributed by atoms with Crippen LogP contribution in [-0.2, 0) is 4.74 Å². The fourth-order valence-electron chi connectivity index (χ4n) is 1.64. The third kappa shape index (κ3) is 3.03. The lowest BCUT2D eigenvalue weighted by Gasteiger charge is -2.10. The lowest BCUT2D eigenvalue weighted by molar-refractivity contribution is 0.0601. The van der Waals surface area contributed by atoms with Gasteiger partial charge in [-0.2, -0.15) is 0 Å². The Balaban J connectivity index is 2.35. The minimum Gasteiger partial charge on any atom is -0.497 e. The van der Waals surface area contributed by atoms with Gasteiger partial charge < -0.3 is 14.8 Å². The molecule has 0 spiro atoms. The molecule has 0 saturated carbocycles. The molecule has 0 aliphatic carbocycles. The average molecular weight is 276 g/mol. The number of methoxy groups -OCH3 is 2. The molecule has 1 N–H and O–H groups in total. The Hall–Kier alpha value is -2.63. The smallest absolute Gasteiger partial charge is 0.341 e. The van der Waals surface area contributed by atoms with Gasteiger partial charge in [0.2, 0.25) is 0 Å². The van der Waals surface area contributed by atoms with Crippen molar-refractivity contribution < 1.29 is 18.7 Å². The number of halogens is 1. The first-order chi connectivity index (χ1) is 9.63. The minimum absolute atomic E-state index is 0.0234. The maximum absolute atomic E-state index is 13.2. The number of anilines is 2. The Labute approximate surface area is 115 Å². The SMILES string of the molecule is COC(=O)c1cc(F)cnc1Nc1cccc(OC)c1. The molecule has 0 atom stereocenters. The van der Waals surface area contributed by atoms with Gasteiger partial charge in [0.05, 0.1) is 20.4 Å². The van der Waals surface area contributed by atoms with E-state index in [-0.39, 0.29) is 11.4 Å². The van der Waals surface area contributed by atoms with Gasteiger partial charge in [0.1, 0.15) is 22.9 Å². The number of hydrogen-bond acceptors (Lipinski definition) is 5. The molecule has 0 radical (unpaired) electrons. The lowest BCUT2D eigenvalue weighted by atomic mass is 10.2. The van der Waals surface area contributed by atoms with E-state index < -0.39 is 11.8 Å². The molecule has 1 aromatic carbocycles. The molecular formula is C14H13FN2O3. The minimum atomic E-state index is -0.664. The predicted molar refractivity (Wildman–Crippen MR) is 71.8 cm³/mol. The van der Waals surface area contributed by atoms with E-state index in [4.69, 9.17) is 4.74 Å². The number of nitrogens with zero attached hydrogens (tertiary/aromatic N) is 1. The summed E-state index contributed by atoms with van der Waals surface area (Å²) < 4.78 is 22.9. The van der Waals surface area contributed by atoms with Crippen LogP contribution in [0.1, 0.15) is 10.4 Å². The number of pyridine rings is 1. The molecule has 0 fully saturated rings. The summed E-state index contributed by atoms with van der Waals surface area (Å²) in [7, 11) is 2.78. The van der Waals surface area contributed by atoms with E-state index in [1.165, 1.54) is 7.11 Å². The van der Waals surface area contributed by atoms with E-state index >= 15 is 0 Å². The van der Waals surface area contributed by atoms with Crippen molar-refractivity contribution in [3.05, 3.63) is 47.9 Å². The van der Waals surface area contributed by atoms with Crippen molar-refractivity contribution in [1.82, 2.24) is 4.98 Å². The quantitative estimate of drug-likeness (QED) is 0.870. The van der Waals surface area contributed by atoms with Crippen molar-refractivity contribution in [3.63, 3.8) is 0 Å². The van der Waals surface area contributed by atoms with Crippen LogP contribution < -0.4 is 10.1 Å². The molecule has 6 heteroatoms. The molecule has 1 heterocycles. The molecule has 0 saturated heterocycles. The molecule has 0 aliphatic heterocycles. The first-order valence-electron chi connectivity index (χ1n) is 5.79. The van der Waals surface area contributed by atoms with Gasteiger partial charge in [0.15, 0.2) is 0 Å². The Bertz CT molecular complexity index is 632. The van der Waals surface area contributed by atoms with E-state index in [0.29, 0.717) is 11.4 Å². The summed E-state index contributed by atoms with van der Waals surface area (Å²) in [4.78, 5) is 15.5. The van der Waals surface area contributed by atoms with Gasteiger partial charge in [0, 0.05) is 11.8 Å². The van der Waals surface area contributed by atoms with Crippen molar-refractivity contribution in [2.24, 2.45) is 0 Å². The molecule has 2 aromatic rings. The third-order valence-electron chi connectivity index (χ3n) is 2.59. The number of benzene rings is 1. The maximum Gasteiger partial charge on any atom is 0.341 e. The monoisotopic (exact) mass is 276 g/mol. The van der Waals surface area contributed by atoms with E-state index in [0.717, 1.165) is 12.3 Å². The number of hydrogen-bond donors (Lipinski definition) is 1. The Morgan fingerprint density at radius 3 is 2.80 bits per heavy atom. The highest BCUT2D eigenvalue weighted by molar-refractivity contribution is 5.95. The van der Waals surface area contributed by atoms with Crippen LogP contribution in [0.15, 0.2) is 36.5 Å². The van der Waals surface area contributed by atoms with Crippen LogP contribution in [0.5, 0.6) is 5.75 Å². The second-order valence-corrected chi connectivity index (χ2v) is 3.90. The zero-order chi connectivity index (χ0) is 14.5. The number of rotatable bonds is 4. The average Bonchev–Trinajstić information content (AvgIpc) is 2.48. The van der Waals surface area contributed by atoms with Crippen molar-refractivity contribution in [2.75, 3.05) is 19.5 Å². The molecular weight excluding hydrogens is 263 g/mol. The normalized spacial score (nSPS) is 9.95. The summed E-state index contributed by atoms with van der Waals surface area (Å²) in [6, 6.07) is 8.13. The fourth-order valence-corrected chi connectivity index (χ4v) is 1.64. The first-order valence-corrected chi connectivity index (χ1v) is 5.79. The van der Waals surface area contributed by atoms with Crippen molar-refractivity contribution in [3.8, 4) is 5.75 Å². The van der Waals surface area contributed by atoms with Crippen molar-refractivity contribution in [1.29, 1.82) is 0 Å². The summed E-state index contributed by atoms with van der Waals surface area (Å²) >= 11 is 0. The fraction of sp³-hybridized carbons (Fsp3) is 0.143. The van der Waals surface area contributed by atoms with Crippen molar-refractivity contribution >= 4 is 17.5 Å². The zero-order valence-corrected chi connectivity index (χ0v) is 11.0. The second-order valence-electron chi connectivity index (χ2n) is 3.90. The van der Waals surface area contributed by atoms with Gasteiger partial charge in [0.25, 0.3) is 0 Å². The largest absolute Gasteiger partial charge is 0.497 e. The van der Waals surface area contributed by atoms with Crippen LogP contribution >= 0.6 is 0 Å². The highest BCUT2D eigenvalue weighted by atomic mass is 19.1. The van der Waals surface area contributed by atoms with E-state index in [2.05, 4.69) is 15.0 Å². The van der Waals surface area contributed by atoms with E-state index in [1.54, 1.807) is 31.4 Å². The molecule has 0 bridgehead atoms. The molecule has 0 aliphatic rings. The standard InChI is InChI=1S/C14H13FN2O3/c1-19-11-5-3-4-10(7-11)17-13-12(14(18)20-2)6-9(15)8-16-13/h3-8H,1-2H3,(H,16,17). The number of aromatic nitrogens is 1. The van der Waals surface area contributed by atoms with Crippen LogP contribution in [0.3, 0.4) is 0 Å². The van der Waals surface area contributed by atoms with Crippen LogP contribution in [0.25, 0.3) is 0 Å². The number of nitrogens with one attached hydrogen (secondary N) is 1. The number of carbonyl (C=O) groups is 1. The molecule has 5 nitrogen and oxygen atoms in total. The van der Waals surface area contributed by atoms with Gasteiger partial charge in [-0.25, -0.2) is 14.2 Å². The first kappa shape index (κ1) is 13.8. The molecule has 104 valence electrons. The summed E-state index contributed by atoms with van der Waals surface area (Å²) in [6.07, 6.45) is 1.02. The van der Waals surface area contributed by atoms with Crippen LogP contribution in [-0.4, -0.2) is 25.2 Å². The third-order valence-corrected chi connectivity index (χ3v) is 2.59. The molecule has 20 heavy (non-hydrogen) atoms. The molecule has 0 amide bonds. The molecule has 2 rings (SSSR count). The van der Waals surface area contributed by atoms with Gasteiger partial charge in [-0.1, -0.05) is 6.07 Å². The maximum atomic E-state index is 13.2. The molecule has 0 unspecified atom stereocenters.